The van der Waals surface area contributed by atoms with E-state index in [1.807, 2.05) is 0 Å². The van der Waals surface area contributed by atoms with E-state index in [2.05, 4.69) is 0 Å². The van der Waals surface area contributed by atoms with Crippen LogP contribution in [-0.2, 0) is 9.59 Å². The van der Waals surface area contributed by atoms with Gasteiger partial charge in [-0.25, -0.2) is 0 Å². The van der Waals surface area contributed by atoms with E-state index in [4.69, 9.17) is 11.5 Å². The number of carbonyl (C=O) groups excluding carboxylic acids is 2. The molecule has 4 N–H and O–H groups in total. The second-order valence-corrected chi connectivity index (χ2v) is 2.72. The van der Waals surface area contributed by atoms with Gasteiger partial charge in [0, 0.05) is 12.6 Å². The molecule has 0 bridgehead atoms. The number of primary amides is 1. The Kier molecular flexibility index (Phi) is 2.09. The van der Waals surface area contributed by atoms with Crippen LogP contribution in [0.4, 0.5) is 0 Å². The van der Waals surface area contributed by atoms with Gasteiger partial charge in [-0.15, -0.1) is 0 Å². The van der Waals surface area contributed by atoms with Crippen molar-refractivity contribution in [2.45, 2.75) is 18.5 Å². The van der Waals surface area contributed by atoms with Crippen LogP contribution in [0.2, 0.25) is 0 Å². The van der Waals surface area contributed by atoms with Gasteiger partial charge in [0.25, 0.3) is 0 Å². The second-order valence-electron chi connectivity index (χ2n) is 2.72. The minimum atomic E-state index is -0.498. The highest BCUT2D eigenvalue weighted by Crippen LogP contribution is 2.13. The Morgan fingerprint density at radius 1 is 1.64 bits per heavy atom. The zero-order valence-electron chi connectivity index (χ0n) is 6.06. The monoisotopic (exact) mass is 157 g/mol. The molecule has 1 aliphatic rings. The maximum absolute atomic E-state index is 10.7. The molecule has 1 unspecified atom stereocenters. The molecular weight excluding hydrogens is 146 g/mol. The minimum absolute atomic E-state index is 0.113. The molecule has 2 amide bonds. The highest BCUT2D eigenvalue weighted by atomic mass is 16.2. The van der Waals surface area contributed by atoms with Crippen molar-refractivity contribution in [3.05, 3.63) is 0 Å². The first-order valence-electron chi connectivity index (χ1n) is 3.41. The lowest BCUT2D eigenvalue weighted by molar-refractivity contribution is -0.128. The molecule has 5 nitrogen and oxygen atoms in total. The Balaban J connectivity index is 2.64. The average molecular weight is 157 g/mol. The van der Waals surface area contributed by atoms with Gasteiger partial charge in [0.15, 0.2) is 0 Å². The third-order valence-electron chi connectivity index (χ3n) is 1.84. The molecule has 1 aliphatic heterocycles. The van der Waals surface area contributed by atoms with E-state index in [1.54, 1.807) is 0 Å². The molecule has 0 aliphatic carbocycles. The second kappa shape index (κ2) is 2.87. The molecule has 0 aromatic heterocycles. The molecule has 0 aromatic rings. The normalized spacial score (nSPS) is 30.5. The quantitative estimate of drug-likeness (QED) is 0.455. The molecule has 0 aromatic carbocycles. The first-order valence-corrected chi connectivity index (χ1v) is 3.41. The topological polar surface area (TPSA) is 89.4 Å². The van der Waals surface area contributed by atoms with Crippen molar-refractivity contribution < 1.29 is 9.59 Å². The fraction of sp³-hybridized carbons (Fsp3) is 0.667. The van der Waals surface area contributed by atoms with Gasteiger partial charge >= 0.3 is 0 Å². The van der Waals surface area contributed by atoms with Gasteiger partial charge in [-0.1, -0.05) is 0 Å². The minimum Gasteiger partial charge on any atom is -0.368 e. The summed E-state index contributed by atoms with van der Waals surface area (Å²) in [4.78, 5) is 22.4. The summed E-state index contributed by atoms with van der Waals surface area (Å²) in [5, 5.41) is 0. The average Bonchev–Trinajstić information content (AvgIpc) is 2.30. The number of hydrogen-bond acceptors (Lipinski definition) is 3. The molecule has 1 heterocycles. The molecule has 1 saturated heterocycles. The van der Waals surface area contributed by atoms with Crippen molar-refractivity contribution >= 4 is 12.3 Å². The van der Waals surface area contributed by atoms with Crippen LogP contribution in [0, 0.1) is 0 Å². The zero-order valence-corrected chi connectivity index (χ0v) is 6.06. The predicted molar refractivity (Wildman–Crippen MR) is 38.3 cm³/mol. The predicted octanol–water partition coefficient (Wildman–Crippen LogP) is -1.97. The summed E-state index contributed by atoms with van der Waals surface area (Å²) in [6, 6.07) is -0.611. The van der Waals surface area contributed by atoms with Crippen molar-refractivity contribution in [1.82, 2.24) is 4.90 Å². The molecule has 62 valence electrons. The molecule has 0 saturated carbocycles. The zero-order chi connectivity index (χ0) is 8.43. The van der Waals surface area contributed by atoms with Crippen LogP contribution >= 0.6 is 0 Å². The smallest absolute Gasteiger partial charge is 0.240 e. The van der Waals surface area contributed by atoms with E-state index in [9.17, 15) is 9.59 Å². The molecular formula is C6H11N3O2. The third kappa shape index (κ3) is 1.48. The van der Waals surface area contributed by atoms with Crippen LogP contribution in [-0.4, -0.2) is 35.8 Å². The summed E-state index contributed by atoms with van der Waals surface area (Å²) in [6.07, 6.45) is 1.09. The van der Waals surface area contributed by atoms with E-state index >= 15 is 0 Å². The van der Waals surface area contributed by atoms with Crippen molar-refractivity contribution in [3.8, 4) is 0 Å². The number of nitrogens with two attached hydrogens (primary N) is 2. The van der Waals surface area contributed by atoms with Gasteiger partial charge < -0.3 is 16.4 Å². The lowest BCUT2D eigenvalue weighted by Gasteiger charge is -2.14. The van der Waals surface area contributed by atoms with Crippen LogP contribution in [0.1, 0.15) is 6.42 Å². The van der Waals surface area contributed by atoms with Crippen molar-refractivity contribution in [2.75, 3.05) is 6.54 Å². The highest BCUT2D eigenvalue weighted by Gasteiger charge is 2.32. The van der Waals surface area contributed by atoms with E-state index in [0.717, 1.165) is 0 Å². The van der Waals surface area contributed by atoms with Crippen LogP contribution in [0.15, 0.2) is 0 Å². The SMILES string of the molecule is NC(=O)[C@@H]1CC(N)CN1C=O. The Bertz CT molecular complexity index is 183. The van der Waals surface area contributed by atoms with E-state index in [1.165, 1.54) is 4.90 Å². The van der Waals surface area contributed by atoms with Gasteiger partial charge in [0.05, 0.1) is 0 Å². The standard InChI is InChI=1S/C6H11N3O2/c7-4-1-5(6(8)11)9(2-4)3-10/h3-5H,1-2,7H2,(H2,8,11)/t4?,5-/m0/s1. The maximum Gasteiger partial charge on any atom is 0.240 e. The largest absolute Gasteiger partial charge is 0.368 e. The molecule has 1 fully saturated rings. The van der Waals surface area contributed by atoms with Gasteiger partial charge in [-0.2, -0.15) is 0 Å². The molecule has 5 heteroatoms. The molecule has 0 spiro atoms. The van der Waals surface area contributed by atoms with Crippen molar-refractivity contribution in [2.24, 2.45) is 11.5 Å². The van der Waals surface area contributed by atoms with Crippen LogP contribution in [0.5, 0.6) is 0 Å². The lowest BCUT2D eigenvalue weighted by atomic mass is 10.2. The summed E-state index contributed by atoms with van der Waals surface area (Å²) in [5.74, 6) is -0.481. The van der Waals surface area contributed by atoms with Gasteiger partial charge in [0.2, 0.25) is 12.3 Å². The van der Waals surface area contributed by atoms with Gasteiger partial charge in [-0.3, -0.25) is 9.59 Å². The van der Waals surface area contributed by atoms with Gasteiger partial charge in [0.1, 0.15) is 6.04 Å². The third-order valence-corrected chi connectivity index (χ3v) is 1.84. The first kappa shape index (κ1) is 8.00. The van der Waals surface area contributed by atoms with Gasteiger partial charge in [-0.05, 0) is 6.42 Å². The Morgan fingerprint density at radius 2 is 2.27 bits per heavy atom. The van der Waals surface area contributed by atoms with E-state index in [0.29, 0.717) is 19.4 Å². The Morgan fingerprint density at radius 3 is 2.64 bits per heavy atom. The fourth-order valence-corrected chi connectivity index (χ4v) is 1.29. The number of likely N-dealkylation sites (tertiary alicyclic amines) is 1. The number of carbonyl (C=O) groups is 2. The molecule has 2 atom stereocenters. The van der Waals surface area contributed by atoms with E-state index < -0.39 is 11.9 Å². The summed E-state index contributed by atoms with van der Waals surface area (Å²) >= 11 is 0. The van der Waals surface area contributed by atoms with Crippen LogP contribution < -0.4 is 11.5 Å². The fourth-order valence-electron chi connectivity index (χ4n) is 1.29. The van der Waals surface area contributed by atoms with Crippen molar-refractivity contribution in [1.29, 1.82) is 0 Å². The Labute approximate surface area is 64.3 Å². The number of rotatable bonds is 2. The molecule has 11 heavy (non-hydrogen) atoms. The number of hydrogen-bond donors (Lipinski definition) is 2. The number of amides is 2. The molecule has 0 radical (unpaired) electrons. The summed E-state index contributed by atoms with van der Waals surface area (Å²) in [6.45, 7) is 0.428. The van der Waals surface area contributed by atoms with E-state index in [-0.39, 0.29) is 6.04 Å². The summed E-state index contributed by atoms with van der Waals surface area (Å²) in [7, 11) is 0. The Hall–Kier alpha value is -1.10. The molecule has 1 rings (SSSR count). The maximum atomic E-state index is 10.7. The van der Waals surface area contributed by atoms with Crippen molar-refractivity contribution in [3.63, 3.8) is 0 Å². The lowest BCUT2D eigenvalue weighted by Crippen LogP contribution is -2.39. The first-order chi connectivity index (χ1) is 5.15. The van der Waals surface area contributed by atoms with Crippen LogP contribution in [0.25, 0.3) is 0 Å². The summed E-state index contributed by atoms with van der Waals surface area (Å²) < 4.78 is 0. The van der Waals surface area contributed by atoms with Crippen LogP contribution in [0.3, 0.4) is 0 Å². The summed E-state index contributed by atoms with van der Waals surface area (Å²) in [5.41, 5.74) is 10.6. The number of nitrogens with zero attached hydrogens (tertiary/aromatic N) is 1. The highest BCUT2D eigenvalue weighted by molar-refractivity contribution is 5.82.